The van der Waals surface area contributed by atoms with Crippen molar-refractivity contribution in [2.45, 2.75) is 57.4 Å². The summed E-state index contributed by atoms with van der Waals surface area (Å²) in [5.74, 6) is -1.57. The number of hydrogen-bond donors (Lipinski definition) is 3. The molecule has 0 aromatic rings. The van der Waals surface area contributed by atoms with Crippen LogP contribution < -0.4 is 11.1 Å². The van der Waals surface area contributed by atoms with E-state index in [-0.39, 0.29) is 18.7 Å². The number of amides is 2. The highest BCUT2D eigenvalue weighted by Gasteiger charge is 2.23. The Labute approximate surface area is 112 Å². The van der Waals surface area contributed by atoms with Gasteiger partial charge in [-0.1, -0.05) is 19.3 Å². The topological polar surface area (TPSA) is 109 Å². The van der Waals surface area contributed by atoms with Gasteiger partial charge in [0.2, 0.25) is 11.8 Å². The van der Waals surface area contributed by atoms with E-state index < -0.39 is 17.9 Å². The molecule has 0 spiro atoms. The molecule has 0 heterocycles. The second kappa shape index (κ2) is 7.76. The molecular formula is C13H22N2O4. The molecule has 0 unspecified atom stereocenters. The summed E-state index contributed by atoms with van der Waals surface area (Å²) < 4.78 is 0. The molecule has 2 amide bonds. The van der Waals surface area contributed by atoms with Gasteiger partial charge in [-0.15, -0.1) is 0 Å². The Hall–Kier alpha value is -1.59. The fraction of sp³-hybridized carbons (Fsp3) is 0.769. The lowest BCUT2D eigenvalue weighted by Gasteiger charge is -2.22. The van der Waals surface area contributed by atoms with E-state index in [0.29, 0.717) is 12.3 Å². The van der Waals surface area contributed by atoms with E-state index in [1.165, 1.54) is 6.42 Å². The summed E-state index contributed by atoms with van der Waals surface area (Å²) in [6.07, 6.45) is 5.94. The highest BCUT2D eigenvalue weighted by Crippen LogP contribution is 2.26. The van der Waals surface area contributed by atoms with Gasteiger partial charge in [-0.3, -0.25) is 9.59 Å². The number of carboxylic acids is 1. The van der Waals surface area contributed by atoms with Crippen molar-refractivity contribution in [1.82, 2.24) is 5.32 Å². The van der Waals surface area contributed by atoms with Crippen molar-refractivity contribution >= 4 is 17.8 Å². The lowest BCUT2D eigenvalue weighted by atomic mass is 9.87. The van der Waals surface area contributed by atoms with Gasteiger partial charge in [0.15, 0.2) is 0 Å². The van der Waals surface area contributed by atoms with Crippen molar-refractivity contribution in [3.63, 3.8) is 0 Å². The fourth-order valence-corrected chi connectivity index (χ4v) is 2.45. The Morgan fingerprint density at radius 2 is 1.84 bits per heavy atom. The van der Waals surface area contributed by atoms with E-state index in [1.807, 2.05) is 0 Å². The van der Waals surface area contributed by atoms with Gasteiger partial charge in [0.05, 0.1) is 0 Å². The predicted octanol–water partition coefficient (Wildman–Crippen LogP) is 0.792. The predicted molar refractivity (Wildman–Crippen MR) is 69.2 cm³/mol. The molecular weight excluding hydrogens is 248 g/mol. The summed E-state index contributed by atoms with van der Waals surface area (Å²) in [6, 6.07) is -1.02. The first kappa shape index (κ1) is 15.5. The average molecular weight is 270 g/mol. The zero-order valence-corrected chi connectivity index (χ0v) is 11.1. The SMILES string of the molecule is NC(=O)CC[C@@H](NC(=O)CC1CCCCC1)C(=O)O. The summed E-state index contributed by atoms with van der Waals surface area (Å²) in [7, 11) is 0. The molecule has 0 radical (unpaired) electrons. The third kappa shape index (κ3) is 6.22. The summed E-state index contributed by atoms with van der Waals surface area (Å²) in [5.41, 5.74) is 4.98. The van der Waals surface area contributed by atoms with Crippen molar-refractivity contribution in [2.75, 3.05) is 0 Å². The molecule has 1 saturated carbocycles. The first-order valence-corrected chi connectivity index (χ1v) is 6.79. The number of hydrogen-bond acceptors (Lipinski definition) is 3. The van der Waals surface area contributed by atoms with Crippen molar-refractivity contribution in [2.24, 2.45) is 11.7 Å². The van der Waals surface area contributed by atoms with Gasteiger partial charge in [-0.2, -0.15) is 0 Å². The fourth-order valence-electron chi connectivity index (χ4n) is 2.45. The van der Waals surface area contributed by atoms with E-state index in [0.717, 1.165) is 25.7 Å². The van der Waals surface area contributed by atoms with Crippen LogP contribution in [0.3, 0.4) is 0 Å². The third-order valence-corrected chi connectivity index (χ3v) is 3.51. The second-order valence-electron chi connectivity index (χ2n) is 5.17. The zero-order chi connectivity index (χ0) is 14.3. The van der Waals surface area contributed by atoms with Gasteiger partial charge in [-0.25, -0.2) is 4.79 Å². The molecule has 0 aromatic carbocycles. The quantitative estimate of drug-likeness (QED) is 0.635. The summed E-state index contributed by atoms with van der Waals surface area (Å²) in [5, 5.41) is 11.4. The normalized spacial score (nSPS) is 17.7. The number of aliphatic carboxylic acids is 1. The van der Waals surface area contributed by atoms with E-state index in [9.17, 15) is 14.4 Å². The van der Waals surface area contributed by atoms with Crippen LogP contribution in [0.2, 0.25) is 0 Å². The number of rotatable bonds is 7. The average Bonchev–Trinajstić information content (AvgIpc) is 2.35. The summed E-state index contributed by atoms with van der Waals surface area (Å²) >= 11 is 0. The largest absolute Gasteiger partial charge is 0.480 e. The van der Waals surface area contributed by atoms with Gasteiger partial charge in [0, 0.05) is 12.8 Å². The monoisotopic (exact) mass is 270 g/mol. The maximum atomic E-state index is 11.8. The number of carbonyl (C=O) groups is 3. The molecule has 0 aliphatic heterocycles. The summed E-state index contributed by atoms with van der Waals surface area (Å²) in [6.45, 7) is 0. The van der Waals surface area contributed by atoms with Crippen LogP contribution in [0.1, 0.15) is 51.4 Å². The van der Waals surface area contributed by atoms with Gasteiger partial charge >= 0.3 is 5.97 Å². The molecule has 0 aromatic heterocycles. The Balaban J connectivity index is 2.37. The molecule has 19 heavy (non-hydrogen) atoms. The van der Waals surface area contributed by atoms with Crippen molar-refractivity contribution in [3.05, 3.63) is 0 Å². The van der Waals surface area contributed by atoms with Crippen LogP contribution in [0.15, 0.2) is 0 Å². The Morgan fingerprint density at radius 3 is 2.37 bits per heavy atom. The second-order valence-corrected chi connectivity index (χ2v) is 5.17. The van der Waals surface area contributed by atoms with Crippen molar-refractivity contribution < 1.29 is 19.5 Å². The van der Waals surface area contributed by atoms with E-state index in [1.54, 1.807) is 0 Å². The molecule has 4 N–H and O–H groups in total. The molecule has 1 aliphatic carbocycles. The third-order valence-electron chi connectivity index (χ3n) is 3.51. The minimum Gasteiger partial charge on any atom is -0.480 e. The standard InChI is InChI=1S/C13H22N2O4/c14-11(16)7-6-10(13(18)19)15-12(17)8-9-4-2-1-3-5-9/h9-10H,1-8H2,(H2,14,16)(H,15,17)(H,18,19)/t10-/m1/s1. The maximum absolute atomic E-state index is 11.8. The van der Waals surface area contributed by atoms with Crippen LogP contribution in [0.25, 0.3) is 0 Å². The van der Waals surface area contributed by atoms with E-state index in [2.05, 4.69) is 5.32 Å². The first-order chi connectivity index (χ1) is 8.99. The van der Waals surface area contributed by atoms with Crippen LogP contribution in [-0.2, 0) is 14.4 Å². The number of carbonyl (C=O) groups excluding carboxylic acids is 2. The van der Waals surface area contributed by atoms with Crippen LogP contribution in [0.5, 0.6) is 0 Å². The molecule has 1 aliphatic rings. The van der Waals surface area contributed by atoms with Crippen LogP contribution in [0.4, 0.5) is 0 Å². The molecule has 1 fully saturated rings. The lowest BCUT2D eigenvalue weighted by Crippen LogP contribution is -2.42. The molecule has 1 rings (SSSR count). The minimum absolute atomic E-state index is 0.0410. The molecule has 6 heteroatoms. The van der Waals surface area contributed by atoms with Crippen molar-refractivity contribution in [1.29, 1.82) is 0 Å². The number of carboxylic acid groups (broad SMARTS) is 1. The lowest BCUT2D eigenvalue weighted by molar-refractivity contribution is -0.142. The van der Waals surface area contributed by atoms with E-state index >= 15 is 0 Å². The van der Waals surface area contributed by atoms with Gasteiger partial charge in [-0.05, 0) is 25.2 Å². The van der Waals surface area contributed by atoms with Gasteiger partial charge in [0.1, 0.15) is 6.04 Å². The van der Waals surface area contributed by atoms with Crippen LogP contribution in [-0.4, -0.2) is 28.9 Å². The minimum atomic E-state index is -1.13. The molecule has 6 nitrogen and oxygen atoms in total. The Bertz CT molecular complexity index is 338. The van der Waals surface area contributed by atoms with Crippen molar-refractivity contribution in [3.8, 4) is 0 Å². The molecule has 0 bridgehead atoms. The molecule has 1 atom stereocenters. The van der Waals surface area contributed by atoms with Crippen LogP contribution >= 0.6 is 0 Å². The van der Waals surface area contributed by atoms with E-state index in [4.69, 9.17) is 10.8 Å². The number of nitrogens with two attached hydrogens (primary N) is 1. The summed E-state index contributed by atoms with van der Waals surface area (Å²) in [4.78, 5) is 33.4. The molecule has 108 valence electrons. The Kier molecular flexibility index (Phi) is 6.32. The highest BCUT2D eigenvalue weighted by atomic mass is 16.4. The molecule has 0 saturated heterocycles. The van der Waals surface area contributed by atoms with Gasteiger partial charge < -0.3 is 16.2 Å². The first-order valence-electron chi connectivity index (χ1n) is 6.79. The zero-order valence-electron chi connectivity index (χ0n) is 11.1. The number of primary amides is 1. The van der Waals surface area contributed by atoms with Gasteiger partial charge in [0.25, 0.3) is 0 Å². The maximum Gasteiger partial charge on any atom is 0.326 e. The Morgan fingerprint density at radius 1 is 1.21 bits per heavy atom. The number of nitrogens with one attached hydrogen (secondary N) is 1. The smallest absolute Gasteiger partial charge is 0.326 e. The highest BCUT2D eigenvalue weighted by molar-refractivity contribution is 5.84. The van der Waals surface area contributed by atoms with Crippen LogP contribution in [0, 0.1) is 5.92 Å².